The number of para-hydroxylation sites is 1. The van der Waals surface area contributed by atoms with E-state index in [2.05, 4.69) is 25.9 Å². The smallest absolute Gasteiger partial charge is 0.412 e. The van der Waals surface area contributed by atoms with E-state index in [1.165, 1.54) is 12.3 Å². The third kappa shape index (κ3) is 6.86. The second-order valence-corrected chi connectivity index (χ2v) is 12.1. The molecule has 14 heteroatoms. The van der Waals surface area contributed by atoms with E-state index in [9.17, 15) is 28.3 Å². The molecule has 1 saturated heterocycles. The minimum atomic E-state index is -1.12. The number of rotatable bonds is 6. The van der Waals surface area contributed by atoms with Gasteiger partial charge in [0.1, 0.15) is 27.2 Å². The molecule has 0 aliphatic carbocycles. The molecule has 0 saturated carbocycles. The summed E-state index contributed by atoms with van der Waals surface area (Å²) in [5, 5.41) is 17.6. The molecule has 5 rings (SSSR count). The number of benzene rings is 2. The van der Waals surface area contributed by atoms with Crippen LogP contribution in [-0.4, -0.2) is 57.9 Å². The summed E-state index contributed by atoms with van der Waals surface area (Å²) in [4.78, 5) is 48.5. The van der Waals surface area contributed by atoms with Crippen LogP contribution in [0.2, 0.25) is 0 Å². The van der Waals surface area contributed by atoms with Gasteiger partial charge in [0, 0.05) is 24.5 Å². The summed E-state index contributed by atoms with van der Waals surface area (Å²) >= 11 is 0.721. The van der Waals surface area contributed by atoms with Gasteiger partial charge in [0.2, 0.25) is 0 Å². The predicted molar refractivity (Wildman–Crippen MR) is 163 cm³/mol. The highest BCUT2D eigenvalue weighted by molar-refractivity contribution is 7.19. The maximum atomic E-state index is 14.7. The summed E-state index contributed by atoms with van der Waals surface area (Å²) in [6.45, 7) is 5.94. The van der Waals surface area contributed by atoms with Crippen molar-refractivity contribution in [3.63, 3.8) is 0 Å². The molecule has 230 valence electrons. The Kier molecular flexibility index (Phi) is 8.63. The van der Waals surface area contributed by atoms with Crippen LogP contribution in [0.3, 0.4) is 0 Å². The second-order valence-electron chi connectivity index (χ2n) is 11.1. The highest BCUT2D eigenvalue weighted by Crippen LogP contribution is 2.38. The van der Waals surface area contributed by atoms with Crippen molar-refractivity contribution in [2.24, 2.45) is 0 Å². The first kappa shape index (κ1) is 30.6. The topological polar surface area (TPSA) is 146 Å². The van der Waals surface area contributed by atoms with Crippen LogP contribution in [0.4, 0.5) is 34.7 Å². The van der Waals surface area contributed by atoms with E-state index < -0.39 is 40.9 Å². The van der Waals surface area contributed by atoms with Gasteiger partial charge >= 0.3 is 12.2 Å². The zero-order valence-electron chi connectivity index (χ0n) is 24.1. The molecule has 0 spiro atoms. The monoisotopic (exact) mass is 624 g/mol. The molecule has 1 aliphatic heterocycles. The first-order chi connectivity index (χ1) is 20.9. The van der Waals surface area contributed by atoms with E-state index in [1.807, 2.05) is 29.2 Å². The minimum absolute atomic E-state index is 0.0756. The highest BCUT2D eigenvalue weighted by Gasteiger charge is 2.29. The van der Waals surface area contributed by atoms with Crippen molar-refractivity contribution < 1.29 is 33.0 Å². The molecule has 4 N–H and O–H groups in total. The normalized spacial score (nSPS) is 15.1. The average molecular weight is 625 g/mol. The zero-order valence-corrected chi connectivity index (χ0v) is 24.9. The minimum Gasteiger partial charge on any atom is -0.465 e. The number of anilines is 3. The number of amides is 3. The fraction of sp³-hybridized carbons (Fsp3) is 0.300. The molecule has 4 aromatic rings. The Morgan fingerprint density at radius 1 is 1.07 bits per heavy atom. The number of ether oxygens (including phenoxy) is 1. The van der Waals surface area contributed by atoms with Gasteiger partial charge in [0.15, 0.2) is 5.69 Å². The molecule has 11 nitrogen and oxygen atoms in total. The molecule has 0 radical (unpaired) electrons. The SMILES string of the molecule is CC(C)(C)OC(=O)Nc1sc(-c2c(F)cccc2F)nc1C(=O)Nc1cnc2ccccc2c1N1CCC[C@H](NC(=O)O)C1. The number of pyridine rings is 1. The number of fused-ring (bicyclic) bond motifs is 1. The van der Waals surface area contributed by atoms with Gasteiger partial charge in [-0.1, -0.05) is 35.6 Å². The number of nitrogens with one attached hydrogen (secondary N) is 3. The summed E-state index contributed by atoms with van der Waals surface area (Å²) in [5.74, 6) is -2.54. The molecule has 1 fully saturated rings. The van der Waals surface area contributed by atoms with Crippen LogP contribution in [0.5, 0.6) is 0 Å². The molecule has 1 aliphatic rings. The third-order valence-electron chi connectivity index (χ3n) is 6.69. The number of aromatic nitrogens is 2. The van der Waals surface area contributed by atoms with Crippen LogP contribution >= 0.6 is 11.3 Å². The fourth-order valence-corrected chi connectivity index (χ4v) is 5.97. The molecule has 1 atom stereocenters. The van der Waals surface area contributed by atoms with Crippen molar-refractivity contribution in [1.82, 2.24) is 15.3 Å². The molecule has 2 aromatic heterocycles. The summed E-state index contributed by atoms with van der Waals surface area (Å²) in [5.41, 5.74) is -0.000925. The van der Waals surface area contributed by atoms with Crippen molar-refractivity contribution in [3.05, 3.63) is 66.0 Å². The molecular weight excluding hydrogens is 594 g/mol. The maximum absolute atomic E-state index is 14.7. The lowest BCUT2D eigenvalue weighted by atomic mass is 10.0. The van der Waals surface area contributed by atoms with Gasteiger partial charge in [-0.15, -0.1) is 0 Å². The number of piperidine rings is 1. The number of hydrogen-bond donors (Lipinski definition) is 4. The van der Waals surface area contributed by atoms with Crippen LogP contribution in [0.25, 0.3) is 21.5 Å². The molecule has 2 aromatic carbocycles. The van der Waals surface area contributed by atoms with E-state index in [-0.39, 0.29) is 21.7 Å². The van der Waals surface area contributed by atoms with Crippen LogP contribution in [0, 0.1) is 11.6 Å². The highest BCUT2D eigenvalue weighted by atomic mass is 32.1. The first-order valence-electron chi connectivity index (χ1n) is 13.8. The Morgan fingerprint density at radius 3 is 2.50 bits per heavy atom. The number of hydrogen-bond acceptors (Lipinski definition) is 8. The van der Waals surface area contributed by atoms with E-state index in [4.69, 9.17) is 4.74 Å². The number of carboxylic acid groups (broad SMARTS) is 1. The summed E-state index contributed by atoms with van der Waals surface area (Å²) < 4.78 is 34.7. The van der Waals surface area contributed by atoms with Crippen molar-refractivity contribution in [3.8, 4) is 10.6 Å². The van der Waals surface area contributed by atoms with E-state index in [1.54, 1.807) is 20.8 Å². The molecule has 0 unspecified atom stereocenters. The van der Waals surface area contributed by atoms with Crippen molar-refractivity contribution >= 4 is 56.7 Å². The lowest BCUT2D eigenvalue weighted by Gasteiger charge is -2.35. The molecule has 3 amide bonds. The van der Waals surface area contributed by atoms with Crippen molar-refractivity contribution in [1.29, 1.82) is 0 Å². The number of nitrogens with zero attached hydrogens (tertiary/aromatic N) is 3. The lowest BCUT2D eigenvalue weighted by molar-refractivity contribution is 0.0636. The quantitative estimate of drug-likeness (QED) is 0.191. The van der Waals surface area contributed by atoms with Gasteiger partial charge in [-0.25, -0.2) is 23.4 Å². The Morgan fingerprint density at radius 2 is 1.80 bits per heavy atom. The first-order valence-corrected chi connectivity index (χ1v) is 14.6. The maximum Gasteiger partial charge on any atom is 0.412 e. The van der Waals surface area contributed by atoms with E-state index >= 15 is 0 Å². The van der Waals surface area contributed by atoms with E-state index in [0.29, 0.717) is 42.8 Å². The standard InChI is InChI=1S/C30H30F2N6O5S/c1-30(2,3)43-29(42)37-27-23(36-26(44-27)22-18(31)10-6-11-19(22)32)25(39)35-21-14-33-20-12-5-4-9-17(20)24(21)38-13-7-8-16(15-38)34-28(40)41/h4-6,9-12,14,16,34H,7-8,13,15H2,1-3H3,(H,35,39)(H,37,42)(H,40,41)/t16-/m0/s1. The Hall–Kier alpha value is -4.85. The van der Waals surface area contributed by atoms with Crippen LogP contribution in [-0.2, 0) is 4.74 Å². The summed E-state index contributed by atoms with van der Waals surface area (Å²) in [6.07, 6.45) is 0.827. The Labute approximate surface area is 255 Å². The fourth-order valence-electron chi connectivity index (χ4n) is 4.98. The summed E-state index contributed by atoms with van der Waals surface area (Å²) in [6, 6.07) is 10.3. The average Bonchev–Trinajstić information content (AvgIpc) is 3.34. The van der Waals surface area contributed by atoms with Crippen molar-refractivity contribution in [2.45, 2.75) is 45.3 Å². The molecule has 0 bridgehead atoms. The van der Waals surface area contributed by atoms with Gasteiger partial charge in [-0.05, 0) is 51.8 Å². The number of thiazole rings is 1. The van der Waals surface area contributed by atoms with Gasteiger partial charge in [0.05, 0.1) is 28.7 Å². The summed E-state index contributed by atoms with van der Waals surface area (Å²) in [7, 11) is 0. The Balaban J connectivity index is 1.54. The Bertz CT molecular complexity index is 1720. The molecular formula is C30H30F2N6O5S. The van der Waals surface area contributed by atoms with Gasteiger partial charge in [-0.3, -0.25) is 15.1 Å². The number of carbonyl (C=O) groups excluding carboxylic acids is 2. The lowest BCUT2D eigenvalue weighted by Crippen LogP contribution is -2.47. The number of carbonyl (C=O) groups is 3. The molecule has 3 heterocycles. The van der Waals surface area contributed by atoms with Gasteiger partial charge < -0.3 is 25.4 Å². The largest absolute Gasteiger partial charge is 0.465 e. The third-order valence-corrected chi connectivity index (χ3v) is 7.68. The predicted octanol–water partition coefficient (Wildman–Crippen LogP) is 6.47. The van der Waals surface area contributed by atoms with Crippen LogP contribution < -0.4 is 20.9 Å². The van der Waals surface area contributed by atoms with E-state index in [0.717, 1.165) is 28.9 Å². The molecule has 44 heavy (non-hydrogen) atoms. The number of halogens is 2. The zero-order chi connectivity index (χ0) is 31.6. The van der Waals surface area contributed by atoms with Crippen LogP contribution in [0.15, 0.2) is 48.7 Å². The van der Waals surface area contributed by atoms with Gasteiger partial charge in [-0.2, -0.15) is 0 Å². The van der Waals surface area contributed by atoms with Gasteiger partial charge in [0.25, 0.3) is 5.91 Å². The van der Waals surface area contributed by atoms with Crippen molar-refractivity contribution in [2.75, 3.05) is 28.6 Å². The van der Waals surface area contributed by atoms with Crippen LogP contribution in [0.1, 0.15) is 44.1 Å². The second kappa shape index (κ2) is 12.4.